The summed E-state index contributed by atoms with van der Waals surface area (Å²) in [6.45, 7) is 0.0395. The van der Waals surface area contributed by atoms with Crippen LogP contribution in [0.25, 0.3) is 0 Å². The molecule has 0 aliphatic rings. The molecule has 2 N–H and O–H groups in total. The highest BCUT2D eigenvalue weighted by atomic mass is 35.5. The molecule has 1 unspecified atom stereocenters. The molecule has 0 aliphatic carbocycles. The number of hydrogen-bond acceptors (Lipinski definition) is 2. The van der Waals surface area contributed by atoms with Crippen LogP contribution < -0.4 is 5.73 Å². The highest BCUT2D eigenvalue weighted by Gasteiger charge is 2.39. The summed E-state index contributed by atoms with van der Waals surface area (Å²) in [5.74, 6) is 0.307. The number of hydrogen-bond donors (Lipinski definition) is 1. The highest BCUT2D eigenvalue weighted by molar-refractivity contribution is 7.99. The Hall–Kier alpha value is -0.390. The van der Waals surface area contributed by atoms with Crippen LogP contribution in [0.4, 0.5) is 13.2 Å². The molecule has 0 amide bonds. The van der Waals surface area contributed by atoms with Crippen molar-refractivity contribution < 1.29 is 13.2 Å². The first-order valence-corrected chi connectivity index (χ1v) is 6.49. The fraction of sp³-hybridized carbons (Fsp3) is 0.455. The minimum absolute atomic E-state index is 0.0395. The molecule has 0 radical (unpaired) electrons. The molecule has 96 valence electrons. The van der Waals surface area contributed by atoms with Crippen molar-refractivity contribution in [1.29, 1.82) is 0 Å². The van der Waals surface area contributed by atoms with E-state index in [-0.39, 0.29) is 13.0 Å². The van der Waals surface area contributed by atoms with Crippen LogP contribution in [0.1, 0.15) is 12.0 Å². The zero-order chi connectivity index (χ0) is 12.9. The van der Waals surface area contributed by atoms with Gasteiger partial charge in [-0.25, -0.2) is 0 Å². The second-order valence-corrected chi connectivity index (χ2v) is 5.17. The van der Waals surface area contributed by atoms with E-state index in [1.54, 1.807) is 24.3 Å². The molecule has 6 heteroatoms. The molecule has 1 atom stereocenters. The molecule has 1 nitrogen and oxygen atoms in total. The molecule has 0 heterocycles. The van der Waals surface area contributed by atoms with Crippen LogP contribution in [0.3, 0.4) is 0 Å². The van der Waals surface area contributed by atoms with E-state index in [0.29, 0.717) is 10.8 Å². The van der Waals surface area contributed by atoms with Gasteiger partial charge < -0.3 is 5.73 Å². The van der Waals surface area contributed by atoms with Crippen LogP contribution in [0.5, 0.6) is 0 Å². The van der Waals surface area contributed by atoms with Gasteiger partial charge in [-0.3, -0.25) is 0 Å². The molecule has 1 aromatic carbocycles. The normalized spacial score (nSPS) is 13.7. The maximum Gasteiger partial charge on any atom is 0.400 e. The first kappa shape index (κ1) is 14.7. The van der Waals surface area contributed by atoms with E-state index in [1.165, 1.54) is 0 Å². The molecular weight excluding hydrogens is 271 g/mol. The van der Waals surface area contributed by atoms with Crippen molar-refractivity contribution in [3.05, 3.63) is 34.9 Å². The molecule has 1 aromatic rings. The minimum Gasteiger partial charge on any atom is -0.330 e. The SMILES string of the molecule is NCCC(SCc1ccc(Cl)cc1)C(F)(F)F. The lowest BCUT2D eigenvalue weighted by molar-refractivity contribution is -0.129. The molecule has 0 aliphatic heterocycles. The monoisotopic (exact) mass is 283 g/mol. The lowest BCUT2D eigenvalue weighted by Gasteiger charge is -2.19. The van der Waals surface area contributed by atoms with Gasteiger partial charge in [0.1, 0.15) is 5.25 Å². The first-order valence-electron chi connectivity index (χ1n) is 5.06. The summed E-state index contributed by atoms with van der Waals surface area (Å²) in [7, 11) is 0. The smallest absolute Gasteiger partial charge is 0.330 e. The third-order valence-electron chi connectivity index (χ3n) is 2.16. The van der Waals surface area contributed by atoms with Gasteiger partial charge in [0.2, 0.25) is 0 Å². The zero-order valence-corrected chi connectivity index (χ0v) is 10.6. The van der Waals surface area contributed by atoms with Gasteiger partial charge in [-0.1, -0.05) is 23.7 Å². The molecule has 0 bridgehead atoms. The Balaban J connectivity index is 2.54. The van der Waals surface area contributed by atoms with E-state index in [4.69, 9.17) is 17.3 Å². The van der Waals surface area contributed by atoms with E-state index in [1.807, 2.05) is 0 Å². The molecule has 0 saturated heterocycles. The number of halogens is 4. The summed E-state index contributed by atoms with van der Waals surface area (Å²) >= 11 is 6.56. The maximum absolute atomic E-state index is 12.6. The standard InChI is InChI=1S/C11H13ClF3NS/c12-9-3-1-8(2-4-9)7-17-10(5-6-16)11(13,14)15/h1-4,10H,5-7,16H2. The summed E-state index contributed by atoms with van der Waals surface area (Å²) in [5, 5.41) is -0.823. The fourth-order valence-corrected chi connectivity index (χ4v) is 2.47. The van der Waals surface area contributed by atoms with Gasteiger partial charge >= 0.3 is 6.18 Å². The second kappa shape index (κ2) is 6.52. The van der Waals surface area contributed by atoms with Gasteiger partial charge in [-0.05, 0) is 30.7 Å². The summed E-state index contributed by atoms with van der Waals surface area (Å²) in [6.07, 6.45) is -4.25. The van der Waals surface area contributed by atoms with Crippen molar-refractivity contribution in [2.45, 2.75) is 23.6 Å². The van der Waals surface area contributed by atoms with Crippen LogP contribution >= 0.6 is 23.4 Å². The predicted octanol–water partition coefficient (Wildman–Crippen LogP) is 3.85. The average molecular weight is 284 g/mol. The Morgan fingerprint density at radius 3 is 2.29 bits per heavy atom. The van der Waals surface area contributed by atoms with E-state index >= 15 is 0 Å². The molecule has 0 saturated carbocycles. The second-order valence-electron chi connectivity index (χ2n) is 3.55. The van der Waals surface area contributed by atoms with Crippen LogP contribution in [0.2, 0.25) is 5.02 Å². The van der Waals surface area contributed by atoms with Crippen molar-refractivity contribution in [2.24, 2.45) is 5.73 Å². The number of alkyl halides is 3. The van der Waals surface area contributed by atoms with E-state index in [9.17, 15) is 13.2 Å². The van der Waals surface area contributed by atoms with Crippen LogP contribution in [0, 0.1) is 0 Å². The average Bonchev–Trinajstić information content (AvgIpc) is 2.25. The van der Waals surface area contributed by atoms with Crippen LogP contribution in [0.15, 0.2) is 24.3 Å². The lowest BCUT2D eigenvalue weighted by atomic mass is 10.2. The van der Waals surface area contributed by atoms with Gasteiger partial charge in [0.15, 0.2) is 0 Å². The van der Waals surface area contributed by atoms with Gasteiger partial charge in [0, 0.05) is 10.8 Å². The van der Waals surface area contributed by atoms with Gasteiger partial charge in [-0.15, -0.1) is 11.8 Å². The van der Waals surface area contributed by atoms with E-state index in [0.717, 1.165) is 17.3 Å². The molecule has 1 rings (SSSR count). The maximum atomic E-state index is 12.6. The fourth-order valence-electron chi connectivity index (χ4n) is 1.27. The molecule has 0 aromatic heterocycles. The zero-order valence-electron chi connectivity index (χ0n) is 9.01. The summed E-state index contributed by atoms with van der Waals surface area (Å²) < 4.78 is 37.7. The predicted molar refractivity (Wildman–Crippen MR) is 66.3 cm³/mol. The summed E-state index contributed by atoms with van der Waals surface area (Å²) in [6, 6.07) is 6.79. The molecule has 0 spiro atoms. The van der Waals surface area contributed by atoms with Crippen molar-refractivity contribution in [3.63, 3.8) is 0 Å². The van der Waals surface area contributed by atoms with Crippen molar-refractivity contribution in [1.82, 2.24) is 0 Å². The molecular formula is C11H13ClF3NS. The third kappa shape index (κ3) is 5.19. The first-order chi connectivity index (χ1) is 7.93. The highest BCUT2D eigenvalue weighted by Crippen LogP contribution is 2.34. The quantitative estimate of drug-likeness (QED) is 0.888. The van der Waals surface area contributed by atoms with E-state index in [2.05, 4.69) is 0 Å². The topological polar surface area (TPSA) is 26.0 Å². The van der Waals surface area contributed by atoms with Gasteiger partial charge in [0.05, 0.1) is 0 Å². The van der Waals surface area contributed by atoms with Crippen LogP contribution in [-0.2, 0) is 5.75 Å². The van der Waals surface area contributed by atoms with Crippen molar-refractivity contribution in [2.75, 3.05) is 6.54 Å². The van der Waals surface area contributed by atoms with Gasteiger partial charge in [-0.2, -0.15) is 13.2 Å². The number of thioether (sulfide) groups is 1. The molecule has 17 heavy (non-hydrogen) atoms. The van der Waals surface area contributed by atoms with Crippen LogP contribution in [-0.4, -0.2) is 18.0 Å². The Kier molecular flexibility index (Phi) is 5.62. The number of benzene rings is 1. The Labute approximate surface area is 108 Å². The number of rotatable bonds is 5. The lowest BCUT2D eigenvalue weighted by Crippen LogP contribution is -2.28. The number of nitrogens with two attached hydrogens (primary N) is 1. The third-order valence-corrected chi connectivity index (χ3v) is 3.82. The summed E-state index contributed by atoms with van der Waals surface area (Å²) in [5.41, 5.74) is 6.01. The largest absolute Gasteiger partial charge is 0.400 e. The summed E-state index contributed by atoms with van der Waals surface area (Å²) in [4.78, 5) is 0. The van der Waals surface area contributed by atoms with Gasteiger partial charge in [0.25, 0.3) is 0 Å². The minimum atomic E-state index is -4.20. The Morgan fingerprint density at radius 1 is 1.24 bits per heavy atom. The Bertz CT molecular complexity index is 340. The van der Waals surface area contributed by atoms with Crippen molar-refractivity contribution >= 4 is 23.4 Å². The molecule has 0 fully saturated rings. The Morgan fingerprint density at radius 2 is 1.82 bits per heavy atom. The van der Waals surface area contributed by atoms with E-state index < -0.39 is 11.4 Å². The van der Waals surface area contributed by atoms with Crippen molar-refractivity contribution in [3.8, 4) is 0 Å².